The highest BCUT2D eigenvalue weighted by molar-refractivity contribution is 6.30. The van der Waals surface area contributed by atoms with Gasteiger partial charge in [0.2, 0.25) is 0 Å². The molecule has 1 heterocycles. The van der Waals surface area contributed by atoms with Crippen LogP contribution in [0, 0.1) is 0 Å². The molecule has 2 atom stereocenters. The Kier molecular flexibility index (Phi) is 5.45. The van der Waals surface area contributed by atoms with Gasteiger partial charge in [-0.25, -0.2) is 0 Å². The molecule has 1 fully saturated rings. The number of nitrogens with one attached hydrogen (secondary N) is 1. The third-order valence-electron chi connectivity index (χ3n) is 3.43. The second kappa shape index (κ2) is 7.10. The maximum atomic E-state index is 5.99. The van der Waals surface area contributed by atoms with Crippen molar-refractivity contribution in [3.05, 3.63) is 34.9 Å². The smallest absolute Gasteiger partial charge is 0.0590 e. The lowest BCUT2D eigenvalue weighted by Crippen LogP contribution is -2.40. The van der Waals surface area contributed by atoms with Crippen molar-refractivity contribution in [3.8, 4) is 0 Å². The minimum atomic E-state index is 0.242. The van der Waals surface area contributed by atoms with Crippen LogP contribution in [-0.4, -0.2) is 18.8 Å². The van der Waals surface area contributed by atoms with Gasteiger partial charge in [0.1, 0.15) is 0 Å². The number of halogens is 1. The van der Waals surface area contributed by atoms with E-state index < -0.39 is 0 Å². The molecule has 1 aliphatic heterocycles. The molecule has 0 amide bonds. The lowest BCUT2D eigenvalue weighted by molar-refractivity contribution is 0.00524. The van der Waals surface area contributed by atoms with Crippen LogP contribution in [0.25, 0.3) is 0 Å². The lowest BCUT2D eigenvalue weighted by Gasteiger charge is -2.26. The molecule has 2 rings (SSSR count). The largest absolute Gasteiger partial charge is 0.378 e. The molecule has 1 saturated heterocycles. The van der Waals surface area contributed by atoms with Crippen molar-refractivity contribution < 1.29 is 4.74 Å². The molecule has 2 unspecified atom stereocenters. The third-order valence-corrected chi connectivity index (χ3v) is 3.66. The van der Waals surface area contributed by atoms with E-state index in [-0.39, 0.29) is 6.04 Å². The summed E-state index contributed by atoms with van der Waals surface area (Å²) >= 11 is 5.99. The van der Waals surface area contributed by atoms with Crippen molar-refractivity contribution in [2.75, 3.05) is 6.61 Å². The van der Waals surface area contributed by atoms with Crippen LogP contribution in [-0.2, 0) is 11.2 Å². The van der Waals surface area contributed by atoms with Gasteiger partial charge in [-0.1, -0.05) is 23.7 Å². The highest BCUT2D eigenvalue weighted by Crippen LogP contribution is 2.19. The molecular weight excluding hydrogens is 248 g/mol. The fourth-order valence-corrected chi connectivity index (χ4v) is 2.68. The monoisotopic (exact) mass is 268 g/mol. The number of nitrogens with two attached hydrogens (primary N) is 1. The molecule has 3 N–H and O–H groups in total. The van der Waals surface area contributed by atoms with E-state index in [1.165, 1.54) is 18.4 Å². The van der Waals surface area contributed by atoms with Crippen LogP contribution in [0.4, 0.5) is 0 Å². The first-order chi connectivity index (χ1) is 8.78. The summed E-state index contributed by atoms with van der Waals surface area (Å²) in [6, 6.07) is 8.18. The van der Waals surface area contributed by atoms with Crippen molar-refractivity contribution in [1.29, 1.82) is 0 Å². The predicted molar refractivity (Wildman–Crippen MR) is 74.5 cm³/mol. The fraction of sp³-hybridized carbons (Fsp3) is 0.571. The first kappa shape index (κ1) is 13.8. The average Bonchev–Trinajstić information content (AvgIpc) is 2.39. The SMILES string of the molecule is NNC(Cc1cccc(Cl)c1)CC1CCCCO1. The molecule has 0 bridgehead atoms. The van der Waals surface area contributed by atoms with E-state index in [4.69, 9.17) is 22.2 Å². The zero-order chi connectivity index (χ0) is 12.8. The van der Waals surface area contributed by atoms with Crippen LogP contribution in [0.3, 0.4) is 0 Å². The Balaban J connectivity index is 1.88. The summed E-state index contributed by atoms with van der Waals surface area (Å²) in [5.41, 5.74) is 4.10. The average molecular weight is 269 g/mol. The molecule has 0 aromatic heterocycles. The van der Waals surface area contributed by atoms with Crippen LogP contribution < -0.4 is 11.3 Å². The number of hydrogen-bond acceptors (Lipinski definition) is 3. The number of benzene rings is 1. The first-order valence-electron chi connectivity index (χ1n) is 6.60. The van der Waals surface area contributed by atoms with Gasteiger partial charge in [-0.15, -0.1) is 0 Å². The van der Waals surface area contributed by atoms with Gasteiger partial charge in [-0.2, -0.15) is 0 Å². The summed E-state index contributed by atoms with van der Waals surface area (Å²) in [7, 11) is 0. The Labute approximate surface area is 114 Å². The van der Waals surface area contributed by atoms with Gasteiger partial charge in [0.15, 0.2) is 0 Å². The van der Waals surface area contributed by atoms with Crippen LogP contribution in [0.1, 0.15) is 31.2 Å². The van der Waals surface area contributed by atoms with Crippen molar-refractivity contribution in [2.24, 2.45) is 5.84 Å². The molecule has 4 heteroatoms. The zero-order valence-corrected chi connectivity index (χ0v) is 11.3. The maximum Gasteiger partial charge on any atom is 0.0590 e. The van der Waals surface area contributed by atoms with E-state index in [9.17, 15) is 0 Å². The second-order valence-electron chi connectivity index (χ2n) is 4.92. The van der Waals surface area contributed by atoms with Gasteiger partial charge in [0.25, 0.3) is 0 Å². The standard InChI is InChI=1S/C14H21ClN2O/c15-12-5-3-4-11(8-12)9-13(17-16)10-14-6-1-2-7-18-14/h3-5,8,13-14,17H,1-2,6-7,9-10,16H2. The van der Waals surface area contributed by atoms with Gasteiger partial charge < -0.3 is 4.74 Å². The third kappa shape index (κ3) is 4.25. The molecule has 0 spiro atoms. The highest BCUT2D eigenvalue weighted by Gasteiger charge is 2.19. The molecule has 100 valence electrons. The van der Waals surface area contributed by atoms with E-state index in [2.05, 4.69) is 11.5 Å². The number of hydrazine groups is 1. The maximum absolute atomic E-state index is 5.99. The molecule has 1 aliphatic rings. The Bertz CT molecular complexity index is 367. The van der Waals surface area contributed by atoms with Crippen molar-refractivity contribution in [3.63, 3.8) is 0 Å². The summed E-state index contributed by atoms with van der Waals surface area (Å²) in [5.74, 6) is 5.64. The van der Waals surface area contributed by atoms with Crippen LogP contribution in [0.5, 0.6) is 0 Å². The van der Waals surface area contributed by atoms with Gasteiger partial charge in [-0.3, -0.25) is 11.3 Å². The number of ether oxygens (including phenoxy) is 1. The van der Waals surface area contributed by atoms with Crippen molar-refractivity contribution in [1.82, 2.24) is 5.43 Å². The Morgan fingerprint density at radius 3 is 3.00 bits per heavy atom. The predicted octanol–water partition coefficient (Wildman–Crippen LogP) is 2.67. The summed E-state index contributed by atoms with van der Waals surface area (Å²) < 4.78 is 5.75. The molecule has 0 radical (unpaired) electrons. The van der Waals surface area contributed by atoms with E-state index in [1.807, 2.05) is 18.2 Å². The first-order valence-corrected chi connectivity index (χ1v) is 6.98. The Hall–Kier alpha value is -0.610. The summed E-state index contributed by atoms with van der Waals surface area (Å²) in [6.07, 6.45) is 5.79. The Morgan fingerprint density at radius 1 is 1.44 bits per heavy atom. The topological polar surface area (TPSA) is 47.3 Å². The van der Waals surface area contributed by atoms with E-state index >= 15 is 0 Å². The quantitative estimate of drug-likeness (QED) is 0.638. The van der Waals surface area contributed by atoms with Gasteiger partial charge in [-0.05, 0) is 49.8 Å². The number of hydrogen-bond donors (Lipinski definition) is 2. The molecule has 1 aromatic carbocycles. The van der Waals surface area contributed by atoms with Gasteiger partial charge in [0, 0.05) is 17.7 Å². The lowest BCUT2D eigenvalue weighted by atomic mass is 9.97. The molecular formula is C14H21ClN2O. The fourth-order valence-electron chi connectivity index (χ4n) is 2.47. The molecule has 1 aromatic rings. The van der Waals surface area contributed by atoms with Crippen molar-refractivity contribution in [2.45, 2.75) is 44.2 Å². The van der Waals surface area contributed by atoms with Crippen LogP contribution in [0.15, 0.2) is 24.3 Å². The molecule has 0 saturated carbocycles. The van der Waals surface area contributed by atoms with Gasteiger partial charge in [0.05, 0.1) is 6.10 Å². The van der Waals surface area contributed by atoms with Gasteiger partial charge >= 0.3 is 0 Å². The van der Waals surface area contributed by atoms with Crippen molar-refractivity contribution >= 4 is 11.6 Å². The van der Waals surface area contributed by atoms with Crippen LogP contribution >= 0.6 is 11.6 Å². The normalized spacial score (nSPS) is 21.8. The number of rotatable bonds is 5. The van der Waals surface area contributed by atoms with Crippen LogP contribution in [0.2, 0.25) is 5.02 Å². The Morgan fingerprint density at radius 2 is 2.33 bits per heavy atom. The minimum Gasteiger partial charge on any atom is -0.378 e. The summed E-state index contributed by atoms with van der Waals surface area (Å²) in [4.78, 5) is 0. The molecule has 0 aliphatic carbocycles. The van der Waals surface area contributed by atoms with E-state index in [0.29, 0.717) is 6.10 Å². The molecule has 3 nitrogen and oxygen atoms in total. The van der Waals surface area contributed by atoms with E-state index in [1.54, 1.807) is 0 Å². The zero-order valence-electron chi connectivity index (χ0n) is 10.6. The summed E-state index contributed by atoms with van der Waals surface area (Å²) in [5, 5.41) is 0.775. The summed E-state index contributed by atoms with van der Waals surface area (Å²) in [6.45, 7) is 0.888. The molecule has 18 heavy (non-hydrogen) atoms. The minimum absolute atomic E-state index is 0.242. The second-order valence-corrected chi connectivity index (χ2v) is 5.36. The van der Waals surface area contributed by atoms with E-state index in [0.717, 1.165) is 30.9 Å². The highest BCUT2D eigenvalue weighted by atomic mass is 35.5.